The number of amides is 2. The molecule has 1 fully saturated rings. The van der Waals surface area contributed by atoms with Gasteiger partial charge in [-0.15, -0.1) is 0 Å². The second-order valence-electron chi connectivity index (χ2n) is 12.3. The Balaban J connectivity index is 1.51. The van der Waals surface area contributed by atoms with Crippen LogP contribution in [0.2, 0.25) is 0 Å². The van der Waals surface area contributed by atoms with E-state index in [2.05, 4.69) is 43.5 Å². The van der Waals surface area contributed by atoms with Crippen LogP contribution in [-0.2, 0) is 50.7 Å². The lowest BCUT2D eigenvalue weighted by Gasteiger charge is -2.36. The summed E-state index contributed by atoms with van der Waals surface area (Å²) in [5.41, 5.74) is 4.04. The summed E-state index contributed by atoms with van der Waals surface area (Å²) in [6.45, 7) is 1.43. The largest absolute Gasteiger partial charge is 0.790 e. The molecule has 25 nitrogen and oxygen atoms in total. The highest BCUT2D eigenvalue weighted by atomic mass is 32.2. The van der Waals surface area contributed by atoms with Gasteiger partial charge in [0.1, 0.15) is 36.3 Å². The van der Waals surface area contributed by atoms with Crippen molar-refractivity contribution in [1.29, 1.82) is 0 Å². The quantitative estimate of drug-likeness (QED) is 0.0513. The maximum atomic E-state index is 12.5. The van der Waals surface area contributed by atoms with Gasteiger partial charge in [-0.05, 0) is 6.92 Å². The van der Waals surface area contributed by atoms with Gasteiger partial charge < -0.3 is 74.1 Å². The number of aliphatic hydroxyl groups excluding tert-OH is 3. The molecule has 0 spiro atoms. The fourth-order valence-corrected chi connectivity index (χ4v) is 8.10. The van der Waals surface area contributed by atoms with Crippen molar-refractivity contribution < 1.29 is 85.6 Å². The van der Waals surface area contributed by atoms with E-state index in [0.29, 0.717) is 0 Å². The second kappa shape index (κ2) is 19.1. The zero-order chi connectivity index (χ0) is 40.6. The molecule has 1 aliphatic heterocycles. The minimum absolute atomic E-state index is 0.0260. The second-order valence-corrected chi connectivity index (χ2v) is 17.5. The molecule has 1 aliphatic rings. The Morgan fingerprint density at radius 1 is 1.07 bits per heavy atom. The number of rotatable bonds is 21. The minimum Gasteiger partial charge on any atom is -0.790 e. The molecule has 3 rings (SSSR count). The third-order valence-electron chi connectivity index (χ3n) is 7.20. The monoisotopic (exact) mass is 849 g/mol. The average molecular weight is 850 g/mol. The lowest BCUT2D eigenvalue weighted by atomic mass is 9.87. The van der Waals surface area contributed by atoms with Crippen molar-refractivity contribution in [2.75, 3.05) is 37.8 Å². The first-order valence-electron chi connectivity index (χ1n) is 15.6. The molecule has 54 heavy (non-hydrogen) atoms. The first-order valence-corrected chi connectivity index (χ1v) is 20.9. The Hall–Kier alpha value is -2.48. The van der Waals surface area contributed by atoms with E-state index >= 15 is 0 Å². The molecule has 306 valence electrons. The van der Waals surface area contributed by atoms with Gasteiger partial charge in [0.15, 0.2) is 22.8 Å². The van der Waals surface area contributed by atoms with Gasteiger partial charge in [-0.1, -0.05) is 25.6 Å². The number of nitrogens with one attached hydrogen (secondary N) is 2. The SMILES string of the molecule is CC(O)CC(=O)SCCNC(=O)CCNC(=O)C(O)C(C)(C)COP(=O)([O-])OP(=O)([O-])OCC1OC(n2cnc3c(N)ncnc32)C(O)C1OP(=O)([O-])[O-]. The summed E-state index contributed by atoms with van der Waals surface area (Å²) >= 11 is 0.927. The molecule has 8 unspecified atom stereocenters. The van der Waals surface area contributed by atoms with Crippen LogP contribution in [0, 0.1) is 5.41 Å². The van der Waals surface area contributed by atoms with Gasteiger partial charge in [0.2, 0.25) is 11.8 Å². The van der Waals surface area contributed by atoms with Crippen molar-refractivity contribution in [2.24, 2.45) is 5.41 Å². The summed E-state index contributed by atoms with van der Waals surface area (Å²) in [5.74, 6) is -1.36. The van der Waals surface area contributed by atoms with E-state index in [-0.39, 0.29) is 53.8 Å². The maximum Gasteiger partial charge on any atom is 0.274 e. The molecule has 8 atom stereocenters. The van der Waals surface area contributed by atoms with E-state index in [1.54, 1.807) is 0 Å². The van der Waals surface area contributed by atoms with Crippen LogP contribution in [0.1, 0.15) is 39.8 Å². The van der Waals surface area contributed by atoms with Gasteiger partial charge in [-0.25, -0.2) is 19.3 Å². The summed E-state index contributed by atoms with van der Waals surface area (Å²) in [4.78, 5) is 95.3. The van der Waals surface area contributed by atoms with Crippen LogP contribution in [-0.4, -0.2) is 114 Å². The third-order valence-corrected chi connectivity index (χ3v) is 11.1. The van der Waals surface area contributed by atoms with E-state index in [0.717, 1.165) is 29.0 Å². The summed E-state index contributed by atoms with van der Waals surface area (Å²) in [6.07, 6.45) is -8.48. The molecule has 0 aliphatic carbocycles. The predicted octanol–water partition coefficient (Wildman–Crippen LogP) is -4.09. The predicted molar refractivity (Wildman–Crippen MR) is 175 cm³/mol. The Morgan fingerprint density at radius 2 is 1.74 bits per heavy atom. The number of thioether (sulfide) groups is 1. The number of nitrogen functional groups attached to an aromatic ring is 1. The van der Waals surface area contributed by atoms with E-state index in [1.165, 1.54) is 20.8 Å². The summed E-state index contributed by atoms with van der Waals surface area (Å²) in [7, 11) is -17.6. The van der Waals surface area contributed by atoms with E-state index < -0.39 is 90.7 Å². The normalized spacial score (nSPS) is 22.6. The zero-order valence-electron chi connectivity index (χ0n) is 28.7. The van der Waals surface area contributed by atoms with Crippen LogP contribution >= 0.6 is 35.2 Å². The van der Waals surface area contributed by atoms with Crippen molar-refractivity contribution in [3.8, 4) is 0 Å². The highest BCUT2D eigenvalue weighted by Crippen LogP contribution is 2.56. The van der Waals surface area contributed by atoms with Crippen molar-refractivity contribution >= 4 is 69.1 Å². The molecular weight excluding hydrogens is 811 g/mol. The molecule has 1 saturated heterocycles. The van der Waals surface area contributed by atoms with Crippen molar-refractivity contribution in [3.63, 3.8) is 0 Å². The highest BCUT2D eigenvalue weighted by molar-refractivity contribution is 8.13. The van der Waals surface area contributed by atoms with Crippen LogP contribution < -0.4 is 35.9 Å². The number of nitrogens with two attached hydrogens (primary N) is 1. The fourth-order valence-electron chi connectivity index (χ4n) is 4.57. The van der Waals surface area contributed by atoms with Gasteiger partial charge in [-0.2, -0.15) is 0 Å². The summed E-state index contributed by atoms with van der Waals surface area (Å²) in [6, 6.07) is 0. The van der Waals surface area contributed by atoms with Crippen LogP contribution in [0.5, 0.6) is 0 Å². The van der Waals surface area contributed by atoms with Gasteiger partial charge >= 0.3 is 0 Å². The van der Waals surface area contributed by atoms with Gasteiger partial charge in [0, 0.05) is 37.1 Å². The van der Waals surface area contributed by atoms with Crippen LogP contribution in [0.25, 0.3) is 11.2 Å². The van der Waals surface area contributed by atoms with E-state index in [4.69, 9.17) is 10.5 Å². The lowest BCUT2D eigenvalue weighted by Crippen LogP contribution is -2.46. The molecule has 2 amide bonds. The fraction of sp³-hybridized carbons (Fsp3) is 0.680. The molecule has 0 radical (unpaired) electrons. The topological polar surface area (TPSA) is 395 Å². The highest BCUT2D eigenvalue weighted by Gasteiger charge is 2.47. The molecule has 3 heterocycles. The average Bonchev–Trinajstić information content (AvgIpc) is 3.60. The minimum atomic E-state index is -5.92. The number of imidazole rings is 1. The number of ether oxygens (including phenoxy) is 1. The number of anilines is 1. The Kier molecular flexibility index (Phi) is 16.2. The molecule has 0 saturated carbocycles. The maximum absolute atomic E-state index is 12.5. The molecule has 0 bridgehead atoms. The number of carbonyl (C=O) groups is 3. The Labute approximate surface area is 310 Å². The Morgan fingerprint density at radius 3 is 2.39 bits per heavy atom. The first-order chi connectivity index (χ1) is 24.9. The number of aromatic nitrogens is 4. The van der Waals surface area contributed by atoms with Crippen LogP contribution in [0.3, 0.4) is 0 Å². The molecule has 2 aromatic heterocycles. The van der Waals surface area contributed by atoms with Gasteiger partial charge in [0.25, 0.3) is 15.6 Å². The number of nitrogens with zero attached hydrogens (tertiary/aromatic N) is 4. The number of phosphoric acid groups is 3. The van der Waals surface area contributed by atoms with Gasteiger partial charge in [-0.3, -0.25) is 28.1 Å². The van der Waals surface area contributed by atoms with Crippen molar-refractivity contribution in [1.82, 2.24) is 30.2 Å². The number of carbonyl (C=O) groups excluding carboxylic acids is 3. The van der Waals surface area contributed by atoms with Crippen molar-refractivity contribution in [3.05, 3.63) is 12.7 Å². The van der Waals surface area contributed by atoms with Crippen LogP contribution in [0.15, 0.2) is 12.7 Å². The third kappa shape index (κ3) is 13.9. The molecule has 7 N–H and O–H groups in total. The lowest BCUT2D eigenvalue weighted by molar-refractivity contribution is -0.347. The van der Waals surface area contributed by atoms with Gasteiger partial charge in [0.05, 0.1) is 33.5 Å². The Bertz CT molecular complexity index is 1780. The smallest absolute Gasteiger partial charge is 0.274 e. The number of hydrogen-bond acceptors (Lipinski definition) is 23. The molecule has 29 heteroatoms. The number of phosphoric ester groups is 3. The zero-order valence-corrected chi connectivity index (χ0v) is 32.1. The summed E-state index contributed by atoms with van der Waals surface area (Å²) in [5, 5.41) is 35.0. The molecular formula is C25H38N7O18P3S-4. The number of aliphatic hydroxyl groups is 3. The molecule has 0 aromatic carbocycles. The van der Waals surface area contributed by atoms with E-state index in [1.807, 2.05) is 0 Å². The first kappa shape index (κ1) is 45.9. The van der Waals surface area contributed by atoms with Crippen LogP contribution in [0.4, 0.5) is 5.82 Å². The number of hydrogen-bond donors (Lipinski definition) is 6. The van der Waals surface area contributed by atoms with Crippen molar-refractivity contribution in [2.45, 2.75) is 70.4 Å². The molecule has 2 aromatic rings. The number of fused-ring (bicyclic) bond motifs is 1. The standard InChI is InChI=1S/C25H42N7O18P3S/c1-13(33)8-16(35)54-7-6-27-15(34)4-5-28-23(38)20(37)25(2,3)10-47-53(44,45)50-52(42,43)46-9-14-19(49-51(39,40)41)18(36)24(48-14)32-12-31-17-21(26)29-11-30-22(17)32/h11-14,18-20,24,33,36-37H,4-10H2,1-3H3,(H,27,34)(H,28,38)(H,42,43)(H,44,45)(H2,26,29,30)(H2,39,40,41)/p-4. The summed E-state index contributed by atoms with van der Waals surface area (Å²) < 4.78 is 60.3. The van der Waals surface area contributed by atoms with E-state index in [9.17, 15) is 63.0 Å².